The van der Waals surface area contributed by atoms with Crippen LogP contribution in [0.4, 0.5) is 0 Å². The predicted molar refractivity (Wildman–Crippen MR) is 87.4 cm³/mol. The van der Waals surface area contributed by atoms with Crippen LogP contribution in [0.2, 0.25) is 0 Å². The molecule has 6 heteroatoms. The Morgan fingerprint density at radius 3 is 2.68 bits per heavy atom. The van der Waals surface area contributed by atoms with Gasteiger partial charge >= 0.3 is 29.6 Å². The van der Waals surface area contributed by atoms with Gasteiger partial charge in [0.2, 0.25) is 5.09 Å². The number of primary sulfonamides is 1. The number of nitrogens with two attached hydrogens (primary N) is 1. The van der Waals surface area contributed by atoms with Crippen molar-refractivity contribution in [1.82, 2.24) is 0 Å². The van der Waals surface area contributed by atoms with E-state index in [0.29, 0.717) is 5.76 Å². The van der Waals surface area contributed by atoms with E-state index in [1.165, 1.54) is 16.7 Å². The molecule has 0 atom stereocenters. The van der Waals surface area contributed by atoms with Gasteiger partial charge in [-0.25, -0.2) is 13.6 Å². The van der Waals surface area contributed by atoms with Gasteiger partial charge in [0.05, 0.1) is 0 Å². The van der Waals surface area contributed by atoms with E-state index in [2.05, 4.69) is 18.2 Å². The van der Waals surface area contributed by atoms with Gasteiger partial charge in [-0.1, -0.05) is 24.3 Å². The predicted octanol–water partition coefficient (Wildman–Crippen LogP) is 2.00. The molecule has 22 heavy (non-hydrogen) atoms. The summed E-state index contributed by atoms with van der Waals surface area (Å²) in [5.74, 6) is 0.664. The molecule has 4 rings (SSSR count). The summed E-state index contributed by atoms with van der Waals surface area (Å²) in [5, 5.41) is 5.03. The van der Waals surface area contributed by atoms with Crippen molar-refractivity contribution in [1.29, 1.82) is 0 Å². The van der Waals surface area contributed by atoms with E-state index in [1.807, 2.05) is 6.07 Å². The van der Waals surface area contributed by atoms with Crippen LogP contribution in [0.3, 0.4) is 0 Å². The maximum absolute atomic E-state index is 11.5. The Balaban J connectivity index is 0.00000144. The molecule has 0 saturated heterocycles. The first-order valence-electron chi connectivity index (χ1n) is 7.01. The number of aryl methyl sites for hydroxylation is 1. The zero-order valence-electron chi connectivity index (χ0n) is 11.4. The van der Waals surface area contributed by atoms with E-state index >= 15 is 0 Å². The molecular formula is C16H16NNaO3S. The van der Waals surface area contributed by atoms with Crippen LogP contribution in [-0.2, 0) is 29.3 Å². The van der Waals surface area contributed by atoms with Crippen molar-refractivity contribution in [3.8, 4) is 11.3 Å². The molecule has 4 nitrogen and oxygen atoms in total. The number of hydrogen-bond donors (Lipinski definition) is 1. The molecule has 0 spiro atoms. The van der Waals surface area contributed by atoms with Crippen molar-refractivity contribution < 1.29 is 12.8 Å². The molecule has 1 aromatic carbocycles. The van der Waals surface area contributed by atoms with Crippen LogP contribution in [0.15, 0.2) is 33.8 Å². The molecule has 0 saturated carbocycles. The third-order valence-electron chi connectivity index (χ3n) is 4.28. The van der Waals surface area contributed by atoms with Gasteiger partial charge in [0.15, 0.2) is 0 Å². The molecule has 0 bridgehead atoms. The summed E-state index contributed by atoms with van der Waals surface area (Å²) < 4.78 is 28.5. The van der Waals surface area contributed by atoms with Gasteiger partial charge < -0.3 is 4.42 Å². The second-order valence-electron chi connectivity index (χ2n) is 5.57. The second-order valence-corrected chi connectivity index (χ2v) is 7.06. The van der Waals surface area contributed by atoms with E-state index in [-0.39, 0.29) is 34.6 Å². The quantitative estimate of drug-likeness (QED) is 0.815. The molecule has 2 N–H and O–H groups in total. The molecule has 0 fully saturated rings. The van der Waals surface area contributed by atoms with Gasteiger partial charge in [-0.15, -0.1) is 0 Å². The van der Waals surface area contributed by atoms with Crippen molar-refractivity contribution in [2.75, 3.05) is 0 Å². The van der Waals surface area contributed by atoms with Crippen LogP contribution in [0, 0.1) is 0 Å². The van der Waals surface area contributed by atoms with Gasteiger partial charge in [0.25, 0.3) is 10.0 Å². The average Bonchev–Trinajstić information content (AvgIpc) is 2.91. The maximum atomic E-state index is 11.5. The van der Waals surface area contributed by atoms with Gasteiger partial charge in [0, 0.05) is 17.2 Å². The normalized spacial score (nSPS) is 15.5. The third-order valence-corrected chi connectivity index (χ3v) is 5.04. The molecule has 2 aromatic rings. The topological polar surface area (TPSA) is 73.3 Å². The Hall–Kier alpha value is -0.850. The molecule has 2 aliphatic rings. The fraction of sp³-hybridized carbons (Fsp3) is 0.250. The molecule has 0 unspecified atom stereocenters. The van der Waals surface area contributed by atoms with Crippen molar-refractivity contribution >= 4 is 45.7 Å². The number of benzene rings is 1. The minimum atomic E-state index is -3.79. The number of sulfonamides is 1. The van der Waals surface area contributed by atoms with Gasteiger partial charge in [-0.05, 0) is 42.4 Å². The Morgan fingerprint density at radius 1 is 1.09 bits per heavy atom. The second kappa shape index (κ2) is 5.65. The molecule has 0 aliphatic heterocycles. The number of furan rings is 1. The van der Waals surface area contributed by atoms with E-state index in [1.54, 1.807) is 6.07 Å². The fourth-order valence-electron chi connectivity index (χ4n) is 3.32. The molecule has 0 radical (unpaired) electrons. The summed E-state index contributed by atoms with van der Waals surface area (Å²) in [7, 11) is -3.79. The first-order chi connectivity index (χ1) is 10.0. The molecule has 110 valence electrons. The summed E-state index contributed by atoms with van der Waals surface area (Å²) in [5.41, 5.74) is 5.87. The number of hydrogen-bond acceptors (Lipinski definition) is 3. The Labute approximate surface area is 151 Å². The van der Waals surface area contributed by atoms with E-state index in [9.17, 15) is 8.42 Å². The Kier molecular flexibility index (Phi) is 4.12. The summed E-state index contributed by atoms with van der Waals surface area (Å²) in [6, 6.07) is 5.67. The van der Waals surface area contributed by atoms with Crippen LogP contribution >= 0.6 is 0 Å². The Morgan fingerprint density at radius 2 is 1.91 bits per heavy atom. The van der Waals surface area contributed by atoms with E-state index < -0.39 is 10.0 Å². The average molecular weight is 325 g/mol. The number of rotatable bonds is 1. The van der Waals surface area contributed by atoms with E-state index in [0.717, 1.165) is 36.8 Å². The van der Waals surface area contributed by atoms with Crippen LogP contribution in [0.25, 0.3) is 17.4 Å². The molecule has 1 aromatic heterocycles. The molecule has 2 aliphatic carbocycles. The van der Waals surface area contributed by atoms with Crippen LogP contribution in [-0.4, -0.2) is 38.0 Å². The van der Waals surface area contributed by atoms with E-state index in [4.69, 9.17) is 9.56 Å². The molecule has 0 amide bonds. The zero-order chi connectivity index (χ0) is 14.6. The van der Waals surface area contributed by atoms with Crippen LogP contribution < -0.4 is 5.14 Å². The van der Waals surface area contributed by atoms with Crippen molar-refractivity contribution in [3.63, 3.8) is 0 Å². The number of allylic oxidation sites excluding steroid dienone is 1. The third kappa shape index (κ3) is 2.51. The Bertz CT molecular complexity index is 881. The zero-order valence-corrected chi connectivity index (χ0v) is 12.2. The summed E-state index contributed by atoms with van der Waals surface area (Å²) in [6.07, 6.45) is 8.15. The first kappa shape index (κ1) is 16.0. The van der Waals surface area contributed by atoms with Gasteiger partial charge in [0.1, 0.15) is 5.76 Å². The van der Waals surface area contributed by atoms with Crippen LogP contribution in [0.5, 0.6) is 0 Å². The number of fused-ring (bicyclic) bond motifs is 5. The summed E-state index contributed by atoms with van der Waals surface area (Å²) >= 11 is 0. The molecule has 1 heterocycles. The van der Waals surface area contributed by atoms with Crippen LogP contribution in [0.1, 0.15) is 28.7 Å². The fourth-order valence-corrected chi connectivity index (χ4v) is 3.82. The van der Waals surface area contributed by atoms with Gasteiger partial charge in [-0.2, -0.15) is 0 Å². The first-order valence-corrected chi connectivity index (χ1v) is 8.56. The van der Waals surface area contributed by atoms with Crippen molar-refractivity contribution in [2.24, 2.45) is 5.14 Å². The SMILES string of the molecule is NS(=O)(=O)c1cc2c(o1)-c1ccc3c(c1CC2)CCC=C3.[NaH]. The monoisotopic (exact) mass is 325 g/mol. The standard InChI is InChI=1S/C16H15NO3S.Na.H/c17-21(18,19)15-9-11-6-7-13-12-4-2-1-3-10(12)5-8-14(13)16(11)20-15;;/h1,3,5,8-9H,2,4,6-7H2,(H2,17,18,19);;. The summed E-state index contributed by atoms with van der Waals surface area (Å²) in [4.78, 5) is 0. The van der Waals surface area contributed by atoms with Crippen molar-refractivity contribution in [3.05, 3.63) is 46.5 Å². The molecular weight excluding hydrogens is 309 g/mol. The summed E-state index contributed by atoms with van der Waals surface area (Å²) in [6.45, 7) is 0. The minimum absolute atomic E-state index is 0. The van der Waals surface area contributed by atoms with Crippen molar-refractivity contribution in [2.45, 2.75) is 30.8 Å². The van der Waals surface area contributed by atoms with Gasteiger partial charge in [-0.3, -0.25) is 0 Å².